The normalized spacial score (nSPS) is 10.8. The molecule has 0 radical (unpaired) electrons. The van der Waals surface area contributed by atoms with E-state index in [4.69, 9.17) is 4.42 Å². The molecular formula is C21H21N3O4. The molecule has 2 aromatic carbocycles. The van der Waals surface area contributed by atoms with E-state index in [9.17, 15) is 14.9 Å². The molecule has 0 fully saturated rings. The van der Waals surface area contributed by atoms with Crippen LogP contribution in [-0.4, -0.2) is 15.8 Å². The maximum Gasteiger partial charge on any atom is 0.271 e. The third kappa shape index (κ3) is 4.82. The second-order valence-electron chi connectivity index (χ2n) is 6.75. The van der Waals surface area contributed by atoms with Crippen LogP contribution in [-0.2, 0) is 11.2 Å². The van der Waals surface area contributed by atoms with Crippen molar-refractivity contribution in [2.24, 2.45) is 0 Å². The van der Waals surface area contributed by atoms with Gasteiger partial charge >= 0.3 is 0 Å². The van der Waals surface area contributed by atoms with E-state index in [0.717, 1.165) is 5.56 Å². The molecule has 0 bridgehead atoms. The molecule has 1 N–H and O–H groups in total. The monoisotopic (exact) mass is 379 g/mol. The van der Waals surface area contributed by atoms with Crippen LogP contribution in [0.5, 0.6) is 0 Å². The Bertz CT molecular complexity index is 977. The number of benzene rings is 2. The summed E-state index contributed by atoms with van der Waals surface area (Å²) in [6.45, 7) is 4.28. The number of hydrogen-bond acceptors (Lipinski definition) is 5. The van der Waals surface area contributed by atoms with Crippen molar-refractivity contribution in [3.8, 4) is 11.3 Å². The number of hydrogen-bond donors (Lipinski definition) is 1. The zero-order valence-electron chi connectivity index (χ0n) is 15.7. The van der Waals surface area contributed by atoms with Gasteiger partial charge in [-0.25, -0.2) is 4.98 Å². The van der Waals surface area contributed by atoms with Gasteiger partial charge in [-0.2, -0.15) is 0 Å². The third-order valence-electron chi connectivity index (χ3n) is 4.32. The zero-order valence-corrected chi connectivity index (χ0v) is 15.7. The maximum atomic E-state index is 12.1. The van der Waals surface area contributed by atoms with Crippen LogP contribution in [0.4, 0.5) is 11.4 Å². The molecule has 1 heterocycles. The summed E-state index contributed by atoms with van der Waals surface area (Å²) in [5.41, 5.74) is 2.50. The molecule has 0 atom stereocenters. The Morgan fingerprint density at radius 2 is 1.96 bits per heavy atom. The minimum Gasteiger partial charge on any atom is -0.441 e. The van der Waals surface area contributed by atoms with Gasteiger partial charge in [-0.15, -0.1) is 0 Å². The highest BCUT2D eigenvalue weighted by Crippen LogP contribution is 2.24. The van der Waals surface area contributed by atoms with Crippen molar-refractivity contribution in [3.05, 3.63) is 76.3 Å². The molecule has 0 aliphatic heterocycles. The van der Waals surface area contributed by atoms with Crippen molar-refractivity contribution in [2.75, 3.05) is 5.32 Å². The Balaban J connectivity index is 1.57. The summed E-state index contributed by atoms with van der Waals surface area (Å²) in [6.07, 6.45) is 2.15. The first-order valence-corrected chi connectivity index (χ1v) is 9.01. The van der Waals surface area contributed by atoms with Crippen molar-refractivity contribution >= 4 is 17.3 Å². The second kappa shape index (κ2) is 8.47. The molecule has 1 amide bonds. The largest absolute Gasteiger partial charge is 0.441 e. The summed E-state index contributed by atoms with van der Waals surface area (Å²) in [5, 5.41) is 13.4. The van der Waals surface area contributed by atoms with Crippen LogP contribution in [0.2, 0.25) is 0 Å². The first-order chi connectivity index (χ1) is 13.4. The number of oxazole rings is 1. The van der Waals surface area contributed by atoms with Crippen LogP contribution in [0.1, 0.15) is 37.6 Å². The summed E-state index contributed by atoms with van der Waals surface area (Å²) in [5.74, 6) is 1.33. The Morgan fingerprint density at radius 1 is 1.21 bits per heavy atom. The number of aromatic nitrogens is 1. The van der Waals surface area contributed by atoms with Gasteiger partial charge in [0.1, 0.15) is 0 Å². The van der Waals surface area contributed by atoms with Gasteiger partial charge in [0.2, 0.25) is 5.91 Å². The molecule has 1 aromatic heterocycles. The number of rotatable bonds is 7. The molecule has 0 saturated carbocycles. The lowest BCUT2D eigenvalue weighted by Crippen LogP contribution is -2.12. The number of amides is 1. The van der Waals surface area contributed by atoms with Crippen molar-refractivity contribution in [2.45, 2.75) is 32.6 Å². The SMILES string of the molecule is CC(C)c1ccc(-c2cnc(CCC(=O)Nc3cccc([N+](=O)[O-])c3)o2)cc1. The molecule has 0 aliphatic rings. The fourth-order valence-electron chi connectivity index (χ4n) is 2.73. The fourth-order valence-corrected chi connectivity index (χ4v) is 2.73. The molecule has 0 saturated heterocycles. The minimum atomic E-state index is -0.502. The van der Waals surface area contributed by atoms with Crippen molar-refractivity contribution < 1.29 is 14.1 Å². The van der Waals surface area contributed by atoms with E-state index in [1.807, 2.05) is 12.1 Å². The van der Waals surface area contributed by atoms with Crippen molar-refractivity contribution in [3.63, 3.8) is 0 Å². The molecule has 28 heavy (non-hydrogen) atoms. The Kier molecular flexibility index (Phi) is 5.84. The lowest BCUT2D eigenvalue weighted by Gasteiger charge is -2.05. The number of carbonyl (C=O) groups is 1. The minimum absolute atomic E-state index is 0.0707. The molecule has 0 aliphatic carbocycles. The van der Waals surface area contributed by atoms with Gasteiger partial charge < -0.3 is 9.73 Å². The average Bonchev–Trinajstić information content (AvgIpc) is 3.16. The number of nitro benzene ring substituents is 1. The van der Waals surface area contributed by atoms with E-state index in [0.29, 0.717) is 29.7 Å². The van der Waals surface area contributed by atoms with Gasteiger partial charge in [0.25, 0.3) is 5.69 Å². The molecule has 3 aromatic rings. The Hall–Kier alpha value is -3.48. The van der Waals surface area contributed by atoms with Gasteiger partial charge in [-0.3, -0.25) is 14.9 Å². The number of anilines is 1. The van der Waals surface area contributed by atoms with Gasteiger partial charge in [0.05, 0.1) is 11.1 Å². The topological polar surface area (TPSA) is 98.3 Å². The molecule has 3 rings (SSSR count). The van der Waals surface area contributed by atoms with E-state index in [1.54, 1.807) is 12.3 Å². The smallest absolute Gasteiger partial charge is 0.271 e. The van der Waals surface area contributed by atoms with Gasteiger partial charge in [0, 0.05) is 36.2 Å². The highest BCUT2D eigenvalue weighted by Gasteiger charge is 2.11. The summed E-state index contributed by atoms with van der Waals surface area (Å²) >= 11 is 0. The lowest BCUT2D eigenvalue weighted by atomic mass is 10.0. The summed E-state index contributed by atoms with van der Waals surface area (Å²) in [7, 11) is 0. The van der Waals surface area contributed by atoms with Gasteiger partial charge in [-0.1, -0.05) is 44.2 Å². The highest BCUT2D eigenvalue weighted by atomic mass is 16.6. The van der Waals surface area contributed by atoms with Crippen LogP contribution < -0.4 is 5.32 Å². The van der Waals surface area contributed by atoms with Gasteiger partial charge in [-0.05, 0) is 17.5 Å². The van der Waals surface area contributed by atoms with E-state index < -0.39 is 4.92 Å². The van der Waals surface area contributed by atoms with Crippen LogP contribution >= 0.6 is 0 Å². The molecule has 0 unspecified atom stereocenters. The van der Waals surface area contributed by atoms with Gasteiger partial charge in [0.15, 0.2) is 11.7 Å². The summed E-state index contributed by atoms with van der Waals surface area (Å²) in [4.78, 5) is 26.6. The fraction of sp³-hybridized carbons (Fsp3) is 0.238. The Morgan fingerprint density at radius 3 is 2.64 bits per heavy atom. The average molecular weight is 379 g/mol. The summed E-state index contributed by atoms with van der Waals surface area (Å²) < 4.78 is 5.74. The Labute approximate surface area is 162 Å². The van der Waals surface area contributed by atoms with Crippen molar-refractivity contribution in [1.82, 2.24) is 4.98 Å². The van der Waals surface area contributed by atoms with E-state index in [2.05, 4.69) is 36.3 Å². The third-order valence-corrected chi connectivity index (χ3v) is 4.32. The van der Waals surface area contributed by atoms with E-state index >= 15 is 0 Å². The number of nitrogens with one attached hydrogen (secondary N) is 1. The summed E-state index contributed by atoms with van der Waals surface area (Å²) in [6, 6.07) is 13.9. The molecule has 144 valence electrons. The number of aryl methyl sites for hydroxylation is 1. The van der Waals surface area contributed by atoms with Crippen LogP contribution in [0, 0.1) is 10.1 Å². The second-order valence-corrected chi connectivity index (χ2v) is 6.75. The highest BCUT2D eigenvalue weighted by molar-refractivity contribution is 5.91. The zero-order chi connectivity index (χ0) is 20.1. The van der Waals surface area contributed by atoms with E-state index in [1.165, 1.54) is 23.8 Å². The standard InChI is InChI=1S/C21H21N3O4/c1-14(2)15-6-8-16(9-7-15)19-13-22-21(28-19)11-10-20(25)23-17-4-3-5-18(12-17)24(26)27/h3-9,12-14H,10-11H2,1-2H3,(H,23,25). The number of carbonyl (C=O) groups excluding carboxylic acids is 1. The number of nitro groups is 1. The predicted octanol–water partition coefficient (Wildman–Crippen LogP) is 4.94. The first kappa shape index (κ1) is 19.3. The quantitative estimate of drug-likeness (QED) is 0.463. The predicted molar refractivity (Wildman–Crippen MR) is 106 cm³/mol. The van der Waals surface area contributed by atoms with E-state index in [-0.39, 0.29) is 18.0 Å². The molecule has 7 nitrogen and oxygen atoms in total. The van der Waals surface area contributed by atoms with Crippen LogP contribution in [0.3, 0.4) is 0 Å². The van der Waals surface area contributed by atoms with Crippen molar-refractivity contribution in [1.29, 1.82) is 0 Å². The van der Waals surface area contributed by atoms with Crippen LogP contribution in [0.15, 0.2) is 59.1 Å². The number of nitrogens with zero attached hydrogens (tertiary/aromatic N) is 2. The number of non-ortho nitro benzene ring substituents is 1. The van der Waals surface area contributed by atoms with Crippen LogP contribution in [0.25, 0.3) is 11.3 Å². The lowest BCUT2D eigenvalue weighted by molar-refractivity contribution is -0.384. The maximum absolute atomic E-state index is 12.1. The first-order valence-electron chi connectivity index (χ1n) is 9.01. The molecule has 7 heteroatoms. The molecule has 0 spiro atoms. The molecular weight excluding hydrogens is 358 g/mol.